The van der Waals surface area contributed by atoms with Crippen molar-refractivity contribution in [2.45, 2.75) is 37.6 Å². The van der Waals surface area contributed by atoms with Crippen LogP contribution < -0.4 is 15.4 Å². The number of anilines is 2. The Balaban J connectivity index is 1.72. The van der Waals surface area contributed by atoms with Gasteiger partial charge in [-0.15, -0.1) is 0 Å². The molecule has 2 amide bonds. The monoisotopic (exact) mass is 431 g/mol. The lowest BCUT2D eigenvalue weighted by Crippen LogP contribution is -2.43. The fourth-order valence-electron chi connectivity index (χ4n) is 3.37. The maximum Gasteiger partial charge on any atom is 0.243 e. The second-order valence-corrected chi connectivity index (χ2v) is 8.82. The molecule has 0 spiro atoms. The van der Waals surface area contributed by atoms with Crippen molar-refractivity contribution in [3.63, 3.8) is 0 Å². The lowest BCUT2D eigenvalue weighted by molar-refractivity contribution is -0.119. The van der Waals surface area contributed by atoms with Gasteiger partial charge in [0, 0.05) is 24.8 Å². The largest absolute Gasteiger partial charge is 0.494 e. The van der Waals surface area contributed by atoms with Gasteiger partial charge in [-0.05, 0) is 68.3 Å². The first-order chi connectivity index (χ1) is 14.3. The first-order valence-corrected chi connectivity index (χ1v) is 11.2. The molecule has 1 fully saturated rings. The Hall–Kier alpha value is -2.91. The summed E-state index contributed by atoms with van der Waals surface area (Å²) in [7, 11) is -3.81. The van der Waals surface area contributed by atoms with Crippen LogP contribution in [0, 0.1) is 0 Å². The summed E-state index contributed by atoms with van der Waals surface area (Å²) in [6.45, 7) is 4.04. The Morgan fingerprint density at radius 3 is 2.20 bits per heavy atom. The molecule has 2 aromatic rings. The standard InChI is InChI=1S/C21H25N3O5S/c1-3-29-18-10-12-19(13-11-18)30(27,28)24-14-4-5-20(24)21(26)23-17-8-6-16(7-9-17)22-15(2)25/h6-13,20H,3-5,14H2,1-2H3,(H,22,25)(H,23,26)/t20-/m0/s1. The summed E-state index contributed by atoms with van der Waals surface area (Å²) in [5, 5.41) is 5.42. The number of hydrogen-bond acceptors (Lipinski definition) is 5. The molecule has 1 aliphatic heterocycles. The minimum Gasteiger partial charge on any atom is -0.494 e. The Kier molecular flexibility index (Phi) is 6.73. The van der Waals surface area contributed by atoms with Crippen LogP contribution in [0.3, 0.4) is 0 Å². The predicted molar refractivity (Wildman–Crippen MR) is 114 cm³/mol. The number of nitrogens with zero attached hydrogens (tertiary/aromatic N) is 1. The van der Waals surface area contributed by atoms with Gasteiger partial charge < -0.3 is 15.4 Å². The number of ether oxygens (including phenoxy) is 1. The zero-order valence-electron chi connectivity index (χ0n) is 16.9. The van der Waals surface area contributed by atoms with E-state index >= 15 is 0 Å². The summed E-state index contributed by atoms with van der Waals surface area (Å²) in [6, 6.07) is 12.1. The molecule has 1 atom stereocenters. The molecule has 0 radical (unpaired) electrons. The van der Waals surface area contributed by atoms with E-state index in [1.165, 1.54) is 23.4 Å². The summed E-state index contributed by atoms with van der Waals surface area (Å²) in [4.78, 5) is 24.0. The number of sulfonamides is 1. The molecular formula is C21H25N3O5S. The van der Waals surface area contributed by atoms with E-state index in [0.29, 0.717) is 36.6 Å². The highest BCUT2D eigenvalue weighted by molar-refractivity contribution is 7.89. The van der Waals surface area contributed by atoms with Crippen molar-refractivity contribution in [1.29, 1.82) is 0 Å². The van der Waals surface area contributed by atoms with Gasteiger partial charge >= 0.3 is 0 Å². The van der Waals surface area contributed by atoms with Crippen LogP contribution in [0.1, 0.15) is 26.7 Å². The van der Waals surface area contributed by atoms with Gasteiger partial charge in [-0.2, -0.15) is 4.31 Å². The predicted octanol–water partition coefficient (Wildman–Crippen LogP) is 2.84. The number of nitrogens with one attached hydrogen (secondary N) is 2. The third-order valence-electron chi connectivity index (χ3n) is 4.72. The highest BCUT2D eigenvalue weighted by Gasteiger charge is 2.39. The van der Waals surface area contributed by atoms with Gasteiger partial charge in [0.1, 0.15) is 11.8 Å². The molecule has 160 valence electrons. The van der Waals surface area contributed by atoms with Gasteiger partial charge in [-0.3, -0.25) is 9.59 Å². The molecule has 0 unspecified atom stereocenters. The first-order valence-electron chi connectivity index (χ1n) is 9.74. The molecule has 0 saturated carbocycles. The van der Waals surface area contributed by atoms with Crippen LogP contribution in [0.4, 0.5) is 11.4 Å². The van der Waals surface area contributed by atoms with Crippen molar-refractivity contribution in [1.82, 2.24) is 4.31 Å². The number of hydrogen-bond donors (Lipinski definition) is 2. The molecular weight excluding hydrogens is 406 g/mol. The zero-order valence-corrected chi connectivity index (χ0v) is 17.7. The molecule has 1 aliphatic rings. The number of amides is 2. The zero-order chi connectivity index (χ0) is 21.7. The lowest BCUT2D eigenvalue weighted by atomic mass is 10.2. The van der Waals surface area contributed by atoms with Gasteiger partial charge in [0.25, 0.3) is 0 Å². The summed E-state index contributed by atoms with van der Waals surface area (Å²) in [5.74, 6) is 0.0250. The molecule has 2 N–H and O–H groups in total. The fraction of sp³-hybridized carbons (Fsp3) is 0.333. The minimum absolute atomic E-state index is 0.130. The molecule has 0 aliphatic carbocycles. The maximum atomic E-state index is 13.1. The van der Waals surface area contributed by atoms with Crippen molar-refractivity contribution in [3.05, 3.63) is 48.5 Å². The molecule has 9 heteroatoms. The van der Waals surface area contributed by atoms with E-state index in [9.17, 15) is 18.0 Å². The molecule has 8 nitrogen and oxygen atoms in total. The van der Waals surface area contributed by atoms with Crippen LogP contribution in [0.25, 0.3) is 0 Å². The Bertz CT molecular complexity index is 1000. The topological polar surface area (TPSA) is 105 Å². The van der Waals surface area contributed by atoms with Gasteiger partial charge in [0.15, 0.2) is 0 Å². The smallest absolute Gasteiger partial charge is 0.243 e. The van der Waals surface area contributed by atoms with Gasteiger partial charge in [0.2, 0.25) is 21.8 Å². The molecule has 30 heavy (non-hydrogen) atoms. The Morgan fingerprint density at radius 2 is 1.63 bits per heavy atom. The van der Waals surface area contributed by atoms with E-state index in [2.05, 4.69) is 10.6 Å². The molecule has 2 aromatic carbocycles. The number of rotatable bonds is 7. The third kappa shape index (κ3) is 4.98. The SMILES string of the molecule is CCOc1ccc(S(=O)(=O)N2CCC[C@H]2C(=O)Nc2ccc(NC(C)=O)cc2)cc1. The first kappa shape index (κ1) is 21.8. The molecule has 1 saturated heterocycles. The maximum absolute atomic E-state index is 13.1. The van der Waals surface area contributed by atoms with E-state index in [1.54, 1.807) is 36.4 Å². The van der Waals surface area contributed by atoms with Gasteiger partial charge in [-0.1, -0.05) is 0 Å². The Labute approximate surface area is 176 Å². The highest BCUT2D eigenvalue weighted by Crippen LogP contribution is 2.28. The van der Waals surface area contributed by atoms with Crippen molar-refractivity contribution in [3.8, 4) is 5.75 Å². The fourth-order valence-corrected chi connectivity index (χ4v) is 5.02. The average molecular weight is 432 g/mol. The van der Waals surface area contributed by atoms with E-state index in [1.807, 2.05) is 6.92 Å². The quantitative estimate of drug-likeness (QED) is 0.701. The average Bonchev–Trinajstić information content (AvgIpc) is 3.21. The number of carbonyl (C=O) groups excluding carboxylic acids is 2. The van der Waals surface area contributed by atoms with E-state index in [4.69, 9.17) is 4.74 Å². The summed E-state index contributed by atoms with van der Waals surface area (Å²) in [6.07, 6.45) is 1.06. The summed E-state index contributed by atoms with van der Waals surface area (Å²) >= 11 is 0. The van der Waals surface area contributed by atoms with Crippen molar-refractivity contribution in [2.75, 3.05) is 23.8 Å². The van der Waals surface area contributed by atoms with Crippen LogP contribution in [0.2, 0.25) is 0 Å². The van der Waals surface area contributed by atoms with E-state index in [-0.39, 0.29) is 23.3 Å². The normalized spacial score (nSPS) is 16.8. The molecule has 0 bridgehead atoms. The molecule has 3 rings (SSSR count). The van der Waals surface area contributed by atoms with E-state index < -0.39 is 16.1 Å². The molecule has 1 heterocycles. The lowest BCUT2D eigenvalue weighted by Gasteiger charge is -2.23. The highest BCUT2D eigenvalue weighted by atomic mass is 32.2. The molecule has 0 aromatic heterocycles. The van der Waals surface area contributed by atoms with Crippen molar-refractivity contribution < 1.29 is 22.7 Å². The second-order valence-electron chi connectivity index (χ2n) is 6.93. The van der Waals surface area contributed by atoms with Crippen LogP contribution in [-0.4, -0.2) is 43.7 Å². The van der Waals surface area contributed by atoms with Gasteiger partial charge in [-0.25, -0.2) is 8.42 Å². The third-order valence-corrected chi connectivity index (χ3v) is 6.64. The Morgan fingerprint density at radius 1 is 1.03 bits per heavy atom. The van der Waals surface area contributed by atoms with Crippen molar-refractivity contribution >= 4 is 33.2 Å². The van der Waals surface area contributed by atoms with Crippen LogP contribution in [0.5, 0.6) is 5.75 Å². The van der Waals surface area contributed by atoms with Gasteiger partial charge in [0.05, 0.1) is 11.5 Å². The summed E-state index contributed by atoms with van der Waals surface area (Å²) in [5.41, 5.74) is 1.14. The summed E-state index contributed by atoms with van der Waals surface area (Å²) < 4.78 is 32.8. The van der Waals surface area contributed by atoms with Crippen LogP contribution in [-0.2, 0) is 19.6 Å². The second kappa shape index (κ2) is 9.27. The number of benzene rings is 2. The minimum atomic E-state index is -3.81. The number of carbonyl (C=O) groups is 2. The van der Waals surface area contributed by atoms with Crippen LogP contribution in [0.15, 0.2) is 53.4 Å². The van der Waals surface area contributed by atoms with Crippen molar-refractivity contribution in [2.24, 2.45) is 0 Å². The van der Waals surface area contributed by atoms with Crippen LogP contribution >= 0.6 is 0 Å². The van der Waals surface area contributed by atoms with E-state index in [0.717, 1.165) is 0 Å².